The van der Waals surface area contributed by atoms with Crippen LogP contribution in [0.1, 0.15) is 77.7 Å². The Hall–Kier alpha value is -3.94. The van der Waals surface area contributed by atoms with E-state index in [4.69, 9.17) is 0 Å². The van der Waals surface area contributed by atoms with E-state index in [2.05, 4.69) is 71.7 Å². The van der Waals surface area contributed by atoms with Crippen molar-refractivity contribution in [2.24, 2.45) is 0 Å². The van der Waals surface area contributed by atoms with E-state index < -0.39 is 11.5 Å². The molecular weight excluding hydrogens is 548 g/mol. The number of benzene rings is 4. The first-order chi connectivity index (χ1) is 20.6. The highest BCUT2D eigenvalue weighted by Gasteiger charge is 2.28. The zero-order valence-corrected chi connectivity index (χ0v) is 25.6. The van der Waals surface area contributed by atoms with E-state index in [0.29, 0.717) is 0 Å². The van der Waals surface area contributed by atoms with Crippen molar-refractivity contribution in [1.29, 1.82) is 5.26 Å². The normalized spacial score (nSPS) is 16.6. The summed E-state index contributed by atoms with van der Waals surface area (Å²) < 4.78 is 0. The molecule has 4 aromatic rings. The number of nitriles is 1. The third-order valence-electron chi connectivity index (χ3n) is 9.07. The summed E-state index contributed by atoms with van der Waals surface area (Å²) >= 11 is 0. The molecule has 3 nitrogen and oxygen atoms in total. The van der Waals surface area contributed by atoms with Gasteiger partial charge in [0.05, 0.1) is 11.5 Å². The van der Waals surface area contributed by atoms with Crippen LogP contribution in [0.5, 0.6) is 0 Å². The first-order valence-corrected chi connectivity index (χ1v) is 15.1. The Kier molecular flexibility index (Phi) is 9.63. The lowest BCUT2D eigenvalue weighted by atomic mass is 9.79. The lowest BCUT2D eigenvalue weighted by Gasteiger charge is -2.31. The zero-order chi connectivity index (χ0) is 28.9. The third-order valence-corrected chi connectivity index (χ3v) is 9.07. The minimum atomic E-state index is -0.700. The Morgan fingerprint density at radius 1 is 0.791 bits per heavy atom. The second-order valence-corrected chi connectivity index (χ2v) is 11.8. The molecule has 6 rings (SSSR count). The molecule has 43 heavy (non-hydrogen) atoms. The van der Waals surface area contributed by atoms with Crippen LogP contribution in [-0.4, -0.2) is 29.6 Å². The molecule has 0 radical (unpaired) electrons. The Morgan fingerprint density at radius 3 is 2.00 bits per heavy atom. The van der Waals surface area contributed by atoms with E-state index in [1.807, 2.05) is 61.5 Å². The van der Waals surface area contributed by atoms with E-state index in [1.54, 1.807) is 5.57 Å². The van der Waals surface area contributed by atoms with Crippen molar-refractivity contribution in [2.75, 3.05) is 19.6 Å². The van der Waals surface area contributed by atoms with E-state index in [9.17, 15) is 10.4 Å². The number of likely N-dealkylation sites (tertiary alicyclic amines) is 1. The van der Waals surface area contributed by atoms with Gasteiger partial charge in [0, 0.05) is 13.1 Å². The van der Waals surface area contributed by atoms with Crippen molar-refractivity contribution in [1.82, 2.24) is 4.90 Å². The van der Waals surface area contributed by atoms with Gasteiger partial charge in [0.1, 0.15) is 6.10 Å². The molecule has 4 aromatic carbocycles. The number of hydrogen-bond donors (Lipinski definition) is 1. The average Bonchev–Trinajstić information content (AvgIpc) is 3.22. The van der Waals surface area contributed by atoms with Crippen LogP contribution in [0.3, 0.4) is 0 Å². The van der Waals surface area contributed by atoms with E-state index >= 15 is 0 Å². The van der Waals surface area contributed by atoms with Gasteiger partial charge in [-0.2, -0.15) is 5.26 Å². The minimum absolute atomic E-state index is 0. The SMILES string of the molecule is CC(C#N)(CCCN1CCC(=C2c3ccccc3C=Cc3ccccc32)CC1)c1cccc(C(O)c2ccccc2)c1.Cl. The van der Waals surface area contributed by atoms with Gasteiger partial charge in [-0.1, -0.05) is 121 Å². The Morgan fingerprint density at radius 2 is 1.37 bits per heavy atom. The maximum atomic E-state index is 10.9. The van der Waals surface area contributed by atoms with Crippen LogP contribution in [0, 0.1) is 11.3 Å². The van der Waals surface area contributed by atoms with Crippen molar-refractivity contribution in [3.05, 3.63) is 148 Å². The van der Waals surface area contributed by atoms with Gasteiger partial charge in [-0.3, -0.25) is 0 Å². The summed E-state index contributed by atoms with van der Waals surface area (Å²) in [6.45, 7) is 5.10. The van der Waals surface area contributed by atoms with Gasteiger partial charge in [-0.05, 0) is 83.7 Å². The summed E-state index contributed by atoms with van der Waals surface area (Å²) in [7, 11) is 0. The summed E-state index contributed by atoms with van der Waals surface area (Å²) in [5.41, 5.74) is 10.3. The Bertz CT molecular complexity index is 1610. The van der Waals surface area contributed by atoms with Gasteiger partial charge >= 0.3 is 0 Å². The molecule has 0 amide bonds. The molecule has 1 saturated heterocycles. The molecule has 4 heteroatoms. The largest absolute Gasteiger partial charge is 0.384 e. The molecule has 1 N–H and O–H groups in total. The fourth-order valence-corrected chi connectivity index (χ4v) is 6.54. The summed E-state index contributed by atoms with van der Waals surface area (Å²) in [5.74, 6) is 0. The molecule has 1 aliphatic heterocycles. The smallest absolute Gasteiger partial charge is 0.104 e. The van der Waals surface area contributed by atoms with Gasteiger partial charge in [-0.25, -0.2) is 0 Å². The van der Waals surface area contributed by atoms with Crippen molar-refractivity contribution in [3.63, 3.8) is 0 Å². The molecule has 0 spiro atoms. The number of halogens is 1. The number of aliphatic hydroxyl groups excluding tert-OH is 1. The van der Waals surface area contributed by atoms with E-state index in [-0.39, 0.29) is 12.4 Å². The van der Waals surface area contributed by atoms with Crippen molar-refractivity contribution in [3.8, 4) is 6.07 Å². The molecular formula is C39H39ClN2O. The second-order valence-electron chi connectivity index (χ2n) is 11.8. The van der Waals surface area contributed by atoms with Crippen molar-refractivity contribution >= 4 is 30.1 Å². The predicted molar refractivity (Wildman–Crippen MR) is 180 cm³/mol. The van der Waals surface area contributed by atoms with Crippen LogP contribution >= 0.6 is 12.4 Å². The highest BCUT2D eigenvalue weighted by Crippen LogP contribution is 2.39. The third kappa shape index (κ3) is 6.53. The van der Waals surface area contributed by atoms with Gasteiger partial charge in [-0.15, -0.1) is 12.4 Å². The van der Waals surface area contributed by atoms with Crippen LogP contribution < -0.4 is 0 Å². The van der Waals surface area contributed by atoms with Crippen LogP contribution in [0.25, 0.3) is 17.7 Å². The molecule has 1 heterocycles. The number of nitrogens with zero attached hydrogens (tertiary/aromatic N) is 2. The number of fused-ring (bicyclic) bond motifs is 2. The maximum absolute atomic E-state index is 10.9. The van der Waals surface area contributed by atoms with Crippen LogP contribution in [0.2, 0.25) is 0 Å². The Labute approximate surface area is 262 Å². The minimum Gasteiger partial charge on any atom is -0.384 e. The molecule has 2 atom stereocenters. The molecule has 1 aliphatic carbocycles. The van der Waals surface area contributed by atoms with Gasteiger partial charge in [0.15, 0.2) is 0 Å². The van der Waals surface area contributed by atoms with Crippen LogP contribution in [0.15, 0.2) is 109 Å². The quantitative estimate of drug-likeness (QED) is 0.207. The number of aliphatic hydroxyl groups is 1. The first-order valence-electron chi connectivity index (χ1n) is 15.1. The molecule has 0 saturated carbocycles. The van der Waals surface area contributed by atoms with Gasteiger partial charge in [0.25, 0.3) is 0 Å². The number of rotatable bonds is 7. The van der Waals surface area contributed by atoms with Crippen molar-refractivity contribution < 1.29 is 5.11 Å². The standard InChI is InChI=1S/C39H38N2O.ClH/c1-39(28-40,34-16-9-15-33(27-34)38(42)32-13-3-2-4-14-32)23-10-24-41-25-21-31(22-26-41)37-35-17-7-5-11-29(35)19-20-30-12-6-8-18-36(30)37;/h2-9,11-20,27,38,42H,10,21-26H2,1H3;1H. The number of piperidine rings is 1. The summed E-state index contributed by atoms with van der Waals surface area (Å²) in [4.78, 5) is 2.56. The van der Waals surface area contributed by atoms with E-state index in [1.165, 1.54) is 27.8 Å². The first kappa shape index (κ1) is 30.5. The summed E-state index contributed by atoms with van der Waals surface area (Å²) in [5, 5.41) is 21.2. The fourth-order valence-electron chi connectivity index (χ4n) is 6.54. The maximum Gasteiger partial charge on any atom is 0.104 e. The second kappa shape index (κ2) is 13.6. The van der Waals surface area contributed by atoms with Gasteiger partial charge in [0.2, 0.25) is 0 Å². The summed E-state index contributed by atoms with van der Waals surface area (Å²) in [6.07, 6.45) is 7.67. The van der Waals surface area contributed by atoms with E-state index in [0.717, 1.165) is 62.0 Å². The summed E-state index contributed by atoms with van der Waals surface area (Å²) in [6, 6.07) is 37.8. The monoisotopic (exact) mass is 586 g/mol. The number of hydrogen-bond acceptors (Lipinski definition) is 3. The van der Waals surface area contributed by atoms with Crippen LogP contribution in [0.4, 0.5) is 0 Å². The lowest BCUT2D eigenvalue weighted by molar-refractivity contribution is 0.220. The molecule has 2 aliphatic rings. The topological polar surface area (TPSA) is 47.3 Å². The molecule has 0 bridgehead atoms. The lowest BCUT2D eigenvalue weighted by Crippen LogP contribution is -2.33. The zero-order valence-electron chi connectivity index (χ0n) is 24.7. The fraction of sp³-hybridized carbons (Fsp3) is 0.256. The predicted octanol–water partition coefficient (Wildman–Crippen LogP) is 8.83. The highest BCUT2D eigenvalue weighted by atomic mass is 35.5. The molecule has 1 fully saturated rings. The Balaban J connectivity index is 0.00000368. The molecule has 2 unspecified atom stereocenters. The van der Waals surface area contributed by atoms with Crippen molar-refractivity contribution in [2.45, 2.75) is 44.1 Å². The molecule has 218 valence electrons. The van der Waals surface area contributed by atoms with Crippen LogP contribution in [-0.2, 0) is 5.41 Å². The highest BCUT2D eigenvalue weighted by molar-refractivity contribution is 5.94. The average molecular weight is 587 g/mol. The molecule has 0 aromatic heterocycles. The van der Waals surface area contributed by atoms with Gasteiger partial charge < -0.3 is 10.0 Å².